The molecule has 0 spiro atoms. The van der Waals surface area contributed by atoms with E-state index >= 15 is 0 Å². The third-order valence-electron chi connectivity index (χ3n) is 2.89. The van der Waals surface area contributed by atoms with Gasteiger partial charge in [0, 0.05) is 35.4 Å². The Bertz CT molecular complexity index is 436. The smallest absolute Gasteiger partial charge is 0.223 e. The molecule has 17 heavy (non-hydrogen) atoms. The van der Waals surface area contributed by atoms with Crippen molar-refractivity contribution in [2.45, 2.75) is 13.0 Å². The maximum atomic E-state index is 11.7. The van der Waals surface area contributed by atoms with E-state index in [1.807, 2.05) is 6.07 Å². The summed E-state index contributed by atoms with van der Waals surface area (Å²) in [6, 6.07) is 5.33. The Hall–Kier alpha value is -0.440. The molecule has 2 rings (SSSR count). The van der Waals surface area contributed by atoms with E-state index in [1.54, 1.807) is 17.0 Å². The predicted octanol–water partition coefficient (Wildman–Crippen LogP) is 3.58. The van der Waals surface area contributed by atoms with Gasteiger partial charge in [-0.3, -0.25) is 4.79 Å². The Morgan fingerprint density at radius 1 is 1.35 bits per heavy atom. The highest BCUT2D eigenvalue weighted by Gasteiger charge is 2.29. The molecule has 1 fully saturated rings. The van der Waals surface area contributed by atoms with E-state index in [9.17, 15) is 4.79 Å². The number of hydrogen-bond acceptors (Lipinski definition) is 1. The molecule has 1 amide bonds. The Morgan fingerprint density at radius 3 is 2.71 bits per heavy atom. The number of amides is 1. The lowest BCUT2D eigenvalue weighted by Crippen LogP contribution is -2.24. The maximum Gasteiger partial charge on any atom is 0.223 e. The highest BCUT2D eigenvalue weighted by atomic mass is 35.5. The highest BCUT2D eigenvalue weighted by molar-refractivity contribution is 6.35. The van der Waals surface area contributed by atoms with E-state index in [2.05, 4.69) is 0 Å². The fraction of sp³-hybridized carbons (Fsp3) is 0.417. The summed E-state index contributed by atoms with van der Waals surface area (Å²) in [5.74, 6) is 0.924. The molecule has 1 aromatic rings. The van der Waals surface area contributed by atoms with Gasteiger partial charge >= 0.3 is 0 Å². The van der Waals surface area contributed by atoms with Crippen LogP contribution >= 0.6 is 34.8 Å². The van der Waals surface area contributed by atoms with Crippen LogP contribution < -0.4 is 0 Å². The van der Waals surface area contributed by atoms with Crippen LogP contribution in [0.15, 0.2) is 18.2 Å². The molecule has 1 aliphatic rings. The van der Waals surface area contributed by atoms with E-state index in [-0.39, 0.29) is 11.8 Å². The lowest BCUT2D eigenvalue weighted by atomic mass is 10.1. The second-order valence-electron chi connectivity index (χ2n) is 4.23. The quantitative estimate of drug-likeness (QED) is 0.780. The zero-order valence-electron chi connectivity index (χ0n) is 9.13. The maximum absolute atomic E-state index is 11.7. The van der Waals surface area contributed by atoms with Gasteiger partial charge in [-0.15, -0.1) is 11.6 Å². The standard InChI is InChI=1S/C12H12Cl3NO/c13-5-8-3-12(17)16(6-8)7-9-1-2-10(14)4-11(9)15/h1-2,4,8H,3,5-7H2. The summed E-state index contributed by atoms with van der Waals surface area (Å²) in [4.78, 5) is 13.5. The number of benzene rings is 1. The van der Waals surface area contributed by atoms with Crippen molar-refractivity contribution in [1.82, 2.24) is 4.90 Å². The van der Waals surface area contributed by atoms with Crippen LogP contribution in [0.3, 0.4) is 0 Å². The molecule has 0 aliphatic carbocycles. The number of alkyl halides is 1. The second-order valence-corrected chi connectivity index (χ2v) is 5.39. The van der Waals surface area contributed by atoms with Crippen LogP contribution in [0.1, 0.15) is 12.0 Å². The van der Waals surface area contributed by atoms with Crippen molar-refractivity contribution in [3.63, 3.8) is 0 Å². The topological polar surface area (TPSA) is 20.3 Å². The molecule has 1 heterocycles. The van der Waals surface area contributed by atoms with Crippen molar-refractivity contribution in [2.24, 2.45) is 5.92 Å². The Balaban J connectivity index is 2.08. The summed E-state index contributed by atoms with van der Waals surface area (Å²) < 4.78 is 0. The van der Waals surface area contributed by atoms with Gasteiger partial charge in [0.2, 0.25) is 5.91 Å². The number of rotatable bonds is 3. The van der Waals surface area contributed by atoms with Gasteiger partial charge in [-0.05, 0) is 23.6 Å². The minimum Gasteiger partial charge on any atom is -0.338 e. The molecule has 1 aromatic carbocycles. The molecule has 5 heteroatoms. The van der Waals surface area contributed by atoms with Crippen molar-refractivity contribution in [1.29, 1.82) is 0 Å². The Labute approximate surface area is 115 Å². The zero-order chi connectivity index (χ0) is 12.4. The fourth-order valence-electron chi connectivity index (χ4n) is 1.97. The third-order valence-corrected chi connectivity index (χ3v) is 3.91. The monoisotopic (exact) mass is 291 g/mol. The molecular weight excluding hydrogens is 280 g/mol. The summed E-state index contributed by atoms with van der Waals surface area (Å²) >= 11 is 17.7. The molecule has 1 aliphatic heterocycles. The van der Waals surface area contributed by atoms with Gasteiger partial charge in [-0.25, -0.2) is 0 Å². The van der Waals surface area contributed by atoms with Crippen molar-refractivity contribution in [3.8, 4) is 0 Å². The number of carbonyl (C=O) groups excluding carboxylic acids is 1. The molecule has 0 saturated carbocycles. The normalized spacial score (nSPS) is 20.1. The number of likely N-dealkylation sites (tertiary alicyclic amines) is 1. The van der Waals surface area contributed by atoms with Gasteiger partial charge in [-0.1, -0.05) is 29.3 Å². The number of carbonyl (C=O) groups is 1. The summed E-state index contributed by atoms with van der Waals surface area (Å²) in [5, 5.41) is 1.20. The van der Waals surface area contributed by atoms with Gasteiger partial charge in [0.15, 0.2) is 0 Å². The van der Waals surface area contributed by atoms with Crippen LogP contribution in [0.2, 0.25) is 10.0 Å². The predicted molar refractivity (Wildman–Crippen MR) is 70.7 cm³/mol. The molecule has 1 atom stereocenters. The van der Waals surface area contributed by atoms with Crippen molar-refractivity contribution < 1.29 is 4.79 Å². The van der Waals surface area contributed by atoms with E-state index < -0.39 is 0 Å². The van der Waals surface area contributed by atoms with Gasteiger partial charge < -0.3 is 4.90 Å². The van der Waals surface area contributed by atoms with Crippen LogP contribution in [0.25, 0.3) is 0 Å². The van der Waals surface area contributed by atoms with Crippen LogP contribution in [-0.2, 0) is 11.3 Å². The lowest BCUT2D eigenvalue weighted by molar-refractivity contribution is -0.128. The van der Waals surface area contributed by atoms with Gasteiger partial charge in [0.25, 0.3) is 0 Å². The van der Waals surface area contributed by atoms with Gasteiger partial charge in [0.05, 0.1) is 0 Å². The van der Waals surface area contributed by atoms with Gasteiger partial charge in [0.1, 0.15) is 0 Å². The molecule has 92 valence electrons. The number of nitrogens with zero attached hydrogens (tertiary/aromatic N) is 1. The Kier molecular flexibility index (Phi) is 4.18. The minimum atomic E-state index is 0.140. The summed E-state index contributed by atoms with van der Waals surface area (Å²) in [6.45, 7) is 1.24. The van der Waals surface area contributed by atoms with E-state index in [0.29, 0.717) is 35.4 Å². The molecular formula is C12H12Cl3NO. The largest absolute Gasteiger partial charge is 0.338 e. The first kappa shape index (κ1) is 13.0. The van der Waals surface area contributed by atoms with Crippen LogP contribution in [0, 0.1) is 5.92 Å². The first-order valence-corrected chi connectivity index (χ1v) is 6.67. The zero-order valence-corrected chi connectivity index (χ0v) is 11.4. The summed E-state index contributed by atoms with van der Waals surface area (Å²) in [7, 11) is 0. The first-order valence-electron chi connectivity index (χ1n) is 5.38. The second kappa shape index (κ2) is 5.47. The lowest BCUT2D eigenvalue weighted by Gasteiger charge is -2.17. The molecule has 1 unspecified atom stereocenters. The minimum absolute atomic E-state index is 0.140. The van der Waals surface area contributed by atoms with Gasteiger partial charge in [-0.2, -0.15) is 0 Å². The Morgan fingerprint density at radius 2 is 2.12 bits per heavy atom. The van der Waals surface area contributed by atoms with E-state index in [0.717, 1.165) is 5.56 Å². The molecule has 0 aromatic heterocycles. The van der Waals surface area contributed by atoms with Crippen molar-refractivity contribution in [3.05, 3.63) is 33.8 Å². The number of hydrogen-bond donors (Lipinski definition) is 0. The molecule has 0 N–H and O–H groups in total. The number of halogens is 3. The van der Waals surface area contributed by atoms with E-state index in [4.69, 9.17) is 34.8 Å². The van der Waals surface area contributed by atoms with Crippen LogP contribution in [0.5, 0.6) is 0 Å². The van der Waals surface area contributed by atoms with Crippen LogP contribution in [-0.4, -0.2) is 23.2 Å². The average molecular weight is 293 g/mol. The molecule has 0 radical (unpaired) electrons. The SMILES string of the molecule is O=C1CC(CCl)CN1Cc1ccc(Cl)cc1Cl. The summed E-state index contributed by atoms with van der Waals surface area (Å²) in [6.07, 6.45) is 0.536. The molecule has 1 saturated heterocycles. The molecule has 2 nitrogen and oxygen atoms in total. The average Bonchev–Trinajstić information content (AvgIpc) is 2.64. The first-order chi connectivity index (χ1) is 8.10. The fourth-order valence-corrected chi connectivity index (χ4v) is 2.64. The molecule has 0 bridgehead atoms. The van der Waals surface area contributed by atoms with Crippen LogP contribution in [0.4, 0.5) is 0 Å². The summed E-state index contributed by atoms with van der Waals surface area (Å²) in [5.41, 5.74) is 0.916. The highest BCUT2D eigenvalue weighted by Crippen LogP contribution is 2.26. The third kappa shape index (κ3) is 3.06. The van der Waals surface area contributed by atoms with Crippen molar-refractivity contribution >= 4 is 40.7 Å². The van der Waals surface area contributed by atoms with Crippen molar-refractivity contribution in [2.75, 3.05) is 12.4 Å². The van der Waals surface area contributed by atoms with E-state index in [1.165, 1.54) is 0 Å².